The van der Waals surface area contributed by atoms with Gasteiger partial charge in [-0.15, -0.1) is 24.0 Å². The lowest BCUT2D eigenvalue weighted by molar-refractivity contribution is 0.0597. The van der Waals surface area contributed by atoms with Gasteiger partial charge in [-0.3, -0.25) is 4.99 Å². The van der Waals surface area contributed by atoms with Crippen molar-refractivity contribution in [3.8, 4) is 5.75 Å². The number of thioether (sulfide) groups is 1. The van der Waals surface area contributed by atoms with Crippen molar-refractivity contribution in [1.82, 2.24) is 10.2 Å². The Bertz CT molecular complexity index is 653. The van der Waals surface area contributed by atoms with Gasteiger partial charge in [0.2, 0.25) is 0 Å². The number of halogens is 1. The van der Waals surface area contributed by atoms with E-state index in [1.165, 1.54) is 14.2 Å². The van der Waals surface area contributed by atoms with Gasteiger partial charge in [0.25, 0.3) is 0 Å². The lowest BCUT2D eigenvalue weighted by Crippen LogP contribution is -2.50. The minimum Gasteiger partial charge on any atom is -0.496 e. The van der Waals surface area contributed by atoms with E-state index in [4.69, 9.17) is 9.47 Å². The number of hydrogen-bond acceptors (Lipinski definition) is 5. The number of methoxy groups -OCH3 is 2. The molecule has 6 nitrogen and oxygen atoms in total. The number of guanidine groups is 1. The maximum atomic E-state index is 11.9. The normalized spacial score (nSPS) is 16.5. The highest BCUT2D eigenvalue weighted by molar-refractivity contribution is 14.0. The first kappa shape index (κ1) is 22.9. The van der Waals surface area contributed by atoms with Crippen molar-refractivity contribution in [2.45, 2.75) is 25.1 Å². The molecule has 0 atom stereocenters. The third kappa shape index (κ3) is 5.94. The number of carbonyl (C=O) groups excluding carboxylic acids is 1. The fourth-order valence-corrected chi connectivity index (χ4v) is 3.96. The maximum absolute atomic E-state index is 11.9. The second-order valence-electron chi connectivity index (χ2n) is 6.46. The highest BCUT2D eigenvalue weighted by Crippen LogP contribution is 2.29. The molecule has 0 saturated carbocycles. The minimum absolute atomic E-state index is 0. The summed E-state index contributed by atoms with van der Waals surface area (Å²) in [6.45, 7) is 7.01. The van der Waals surface area contributed by atoms with Gasteiger partial charge in [-0.05, 0) is 31.5 Å². The van der Waals surface area contributed by atoms with E-state index < -0.39 is 5.97 Å². The Kier molecular flexibility index (Phi) is 9.02. The van der Waals surface area contributed by atoms with Gasteiger partial charge in [-0.1, -0.05) is 6.07 Å². The van der Waals surface area contributed by atoms with Crippen LogP contribution in [0.25, 0.3) is 0 Å². The van der Waals surface area contributed by atoms with Crippen molar-refractivity contribution in [3.05, 3.63) is 29.3 Å². The molecule has 1 aliphatic heterocycles. The SMILES string of the molecule is CN=C(NCc1ccc(OC)c(C(=O)OC)c1)N1CCSC(C)(C)C1.I. The zero-order valence-corrected chi connectivity index (χ0v) is 19.1. The Balaban J connectivity index is 0.00000338. The predicted octanol–water partition coefficient (Wildman–Crippen LogP) is 3.00. The second kappa shape index (κ2) is 10.2. The van der Waals surface area contributed by atoms with Crippen molar-refractivity contribution in [3.63, 3.8) is 0 Å². The zero-order chi connectivity index (χ0) is 18.4. The standard InChI is InChI=1S/C18H27N3O3S.HI/c1-18(2)12-21(8-9-25-18)17(19-3)20-11-13-6-7-15(23-4)14(10-13)16(22)24-5;/h6-7,10H,8-9,11-12H2,1-5H3,(H,19,20);1H. The van der Waals surface area contributed by atoms with E-state index in [9.17, 15) is 4.79 Å². The Labute approximate surface area is 177 Å². The smallest absolute Gasteiger partial charge is 0.341 e. The molecule has 0 unspecified atom stereocenters. The van der Waals surface area contributed by atoms with Crippen LogP contribution in [-0.2, 0) is 11.3 Å². The molecule has 146 valence electrons. The van der Waals surface area contributed by atoms with Crippen molar-refractivity contribution in [2.75, 3.05) is 40.1 Å². The number of rotatable bonds is 4. The predicted molar refractivity (Wildman–Crippen MR) is 118 cm³/mol. The maximum Gasteiger partial charge on any atom is 0.341 e. The van der Waals surface area contributed by atoms with Crippen LogP contribution in [0.15, 0.2) is 23.2 Å². The first-order valence-corrected chi connectivity index (χ1v) is 9.23. The van der Waals surface area contributed by atoms with Gasteiger partial charge in [0, 0.05) is 37.2 Å². The van der Waals surface area contributed by atoms with Crippen LogP contribution >= 0.6 is 35.7 Å². The molecule has 1 N–H and O–H groups in total. The van der Waals surface area contributed by atoms with Crippen LogP contribution in [0.3, 0.4) is 0 Å². The lowest BCUT2D eigenvalue weighted by Gasteiger charge is -2.39. The second-order valence-corrected chi connectivity index (χ2v) is 8.26. The Hall–Kier alpha value is -1.16. The van der Waals surface area contributed by atoms with Crippen LogP contribution in [0.5, 0.6) is 5.75 Å². The van der Waals surface area contributed by atoms with Gasteiger partial charge in [0.05, 0.1) is 14.2 Å². The summed E-state index contributed by atoms with van der Waals surface area (Å²) >= 11 is 1.99. The Morgan fingerprint density at radius 2 is 2.12 bits per heavy atom. The van der Waals surface area contributed by atoms with E-state index in [1.807, 2.05) is 17.8 Å². The van der Waals surface area contributed by atoms with Crippen LogP contribution < -0.4 is 10.1 Å². The molecule has 1 heterocycles. The van der Waals surface area contributed by atoms with E-state index >= 15 is 0 Å². The van der Waals surface area contributed by atoms with E-state index in [-0.39, 0.29) is 28.7 Å². The molecule has 8 heteroatoms. The number of nitrogens with zero attached hydrogens (tertiary/aromatic N) is 2. The van der Waals surface area contributed by atoms with Gasteiger partial charge >= 0.3 is 5.97 Å². The van der Waals surface area contributed by atoms with Gasteiger partial charge in [-0.2, -0.15) is 11.8 Å². The third-order valence-corrected chi connectivity index (χ3v) is 5.35. The van der Waals surface area contributed by atoms with Crippen LogP contribution in [0, 0.1) is 0 Å². The molecular weight excluding hydrogens is 465 g/mol. The first-order chi connectivity index (χ1) is 11.9. The Morgan fingerprint density at radius 3 is 2.69 bits per heavy atom. The minimum atomic E-state index is -0.405. The molecule has 1 aromatic carbocycles. The van der Waals surface area contributed by atoms with Crippen molar-refractivity contribution < 1.29 is 14.3 Å². The molecule has 0 aliphatic carbocycles. The van der Waals surface area contributed by atoms with Gasteiger partial charge in [-0.25, -0.2) is 4.79 Å². The van der Waals surface area contributed by atoms with Gasteiger partial charge < -0.3 is 19.7 Å². The number of benzene rings is 1. The molecule has 0 amide bonds. The molecular formula is C18H28IN3O3S. The molecule has 2 rings (SSSR count). The third-order valence-electron chi connectivity index (χ3n) is 4.06. The number of nitrogens with one attached hydrogen (secondary N) is 1. The summed E-state index contributed by atoms with van der Waals surface area (Å²) in [5, 5.41) is 3.39. The molecule has 0 radical (unpaired) electrons. The summed E-state index contributed by atoms with van der Waals surface area (Å²) in [4.78, 5) is 18.6. The number of ether oxygens (including phenoxy) is 2. The van der Waals surface area contributed by atoms with E-state index in [0.717, 1.165) is 30.4 Å². The summed E-state index contributed by atoms with van der Waals surface area (Å²) < 4.78 is 10.3. The fourth-order valence-electron chi connectivity index (χ4n) is 2.85. The quantitative estimate of drug-likeness (QED) is 0.301. The first-order valence-electron chi connectivity index (χ1n) is 8.25. The van der Waals surface area contributed by atoms with Crippen molar-refractivity contribution in [2.24, 2.45) is 4.99 Å². The van der Waals surface area contributed by atoms with Crippen LogP contribution in [-0.4, -0.2) is 61.7 Å². The van der Waals surface area contributed by atoms with Crippen molar-refractivity contribution >= 4 is 47.7 Å². The molecule has 1 fully saturated rings. The summed E-state index contributed by atoms with van der Waals surface area (Å²) in [7, 11) is 4.70. The summed E-state index contributed by atoms with van der Waals surface area (Å²) in [5.41, 5.74) is 1.39. The monoisotopic (exact) mass is 493 g/mol. The molecule has 0 aromatic heterocycles. The van der Waals surface area contributed by atoms with Crippen LogP contribution in [0.4, 0.5) is 0 Å². The Morgan fingerprint density at radius 1 is 1.38 bits per heavy atom. The highest BCUT2D eigenvalue weighted by Gasteiger charge is 2.28. The molecule has 1 aromatic rings. The zero-order valence-electron chi connectivity index (χ0n) is 16.0. The van der Waals surface area contributed by atoms with E-state index in [0.29, 0.717) is 17.9 Å². The van der Waals surface area contributed by atoms with Crippen LogP contribution in [0.1, 0.15) is 29.8 Å². The molecule has 26 heavy (non-hydrogen) atoms. The average Bonchev–Trinajstić information content (AvgIpc) is 2.60. The molecule has 0 spiro atoms. The highest BCUT2D eigenvalue weighted by atomic mass is 127. The topological polar surface area (TPSA) is 63.2 Å². The largest absolute Gasteiger partial charge is 0.496 e. The summed E-state index contributed by atoms with van der Waals surface area (Å²) in [6.07, 6.45) is 0. The number of aliphatic imine (C=N–C) groups is 1. The lowest BCUT2D eigenvalue weighted by atomic mass is 10.1. The van der Waals surface area contributed by atoms with E-state index in [2.05, 4.69) is 29.1 Å². The molecule has 0 bridgehead atoms. The van der Waals surface area contributed by atoms with E-state index in [1.54, 1.807) is 19.2 Å². The summed E-state index contributed by atoms with van der Waals surface area (Å²) in [5.74, 6) is 2.07. The summed E-state index contributed by atoms with van der Waals surface area (Å²) in [6, 6.07) is 5.51. The van der Waals surface area contributed by atoms with Crippen molar-refractivity contribution in [1.29, 1.82) is 0 Å². The molecule has 1 aliphatic rings. The van der Waals surface area contributed by atoms with Crippen LogP contribution in [0.2, 0.25) is 0 Å². The number of hydrogen-bond donors (Lipinski definition) is 1. The van der Waals surface area contributed by atoms with Gasteiger partial charge in [0.15, 0.2) is 5.96 Å². The number of carbonyl (C=O) groups is 1. The fraction of sp³-hybridized carbons (Fsp3) is 0.556. The number of esters is 1. The molecule has 1 saturated heterocycles. The van der Waals surface area contributed by atoms with Gasteiger partial charge in [0.1, 0.15) is 11.3 Å². The average molecular weight is 493 g/mol.